The summed E-state index contributed by atoms with van der Waals surface area (Å²) in [6.07, 6.45) is 7.44. The van der Waals surface area contributed by atoms with Gasteiger partial charge in [0.05, 0.1) is 0 Å². The van der Waals surface area contributed by atoms with Crippen molar-refractivity contribution in [2.45, 2.75) is 45.4 Å². The van der Waals surface area contributed by atoms with E-state index >= 15 is 0 Å². The third-order valence-corrected chi connectivity index (χ3v) is 5.76. The summed E-state index contributed by atoms with van der Waals surface area (Å²) < 4.78 is 10.7. The highest BCUT2D eigenvalue weighted by Crippen LogP contribution is 2.34. The summed E-state index contributed by atoms with van der Waals surface area (Å²) >= 11 is 0. The van der Waals surface area contributed by atoms with Crippen molar-refractivity contribution < 1.29 is 19.1 Å². The van der Waals surface area contributed by atoms with E-state index in [0.717, 1.165) is 42.7 Å². The molecule has 2 amide bonds. The molecule has 138 valence electrons. The van der Waals surface area contributed by atoms with Crippen LogP contribution in [0.4, 0.5) is 0 Å². The highest BCUT2D eigenvalue weighted by atomic mass is 16.7. The van der Waals surface area contributed by atoms with Crippen LogP contribution in [0.2, 0.25) is 0 Å². The Kier molecular flexibility index (Phi) is 4.70. The number of rotatable bonds is 5. The van der Waals surface area contributed by atoms with Crippen molar-refractivity contribution in [1.82, 2.24) is 4.90 Å². The van der Waals surface area contributed by atoms with Crippen molar-refractivity contribution >= 4 is 11.8 Å². The van der Waals surface area contributed by atoms with Gasteiger partial charge in [-0.3, -0.25) is 14.5 Å². The Hall–Kier alpha value is -2.30. The summed E-state index contributed by atoms with van der Waals surface area (Å²) in [5, 5.41) is 0. The van der Waals surface area contributed by atoms with Crippen LogP contribution in [0.3, 0.4) is 0 Å². The van der Waals surface area contributed by atoms with Crippen LogP contribution in [0.5, 0.6) is 11.5 Å². The molecule has 5 heteroatoms. The minimum absolute atomic E-state index is 0.0158. The largest absolute Gasteiger partial charge is 0.454 e. The van der Waals surface area contributed by atoms with Gasteiger partial charge in [0, 0.05) is 18.9 Å². The first-order chi connectivity index (χ1) is 12.6. The number of fused-ring (bicyclic) bond motifs is 1. The van der Waals surface area contributed by atoms with Gasteiger partial charge in [0.1, 0.15) is 0 Å². The lowest BCUT2D eigenvalue weighted by molar-refractivity contribution is -0.139. The molecule has 0 aromatic heterocycles. The maximum absolute atomic E-state index is 12.7. The third-order valence-electron chi connectivity index (χ3n) is 5.76. The van der Waals surface area contributed by atoms with E-state index in [4.69, 9.17) is 9.47 Å². The lowest BCUT2D eigenvalue weighted by Crippen LogP contribution is -2.33. The molecule has 5 nitrogen and oxygen atoms in total. The SMILES string of the molecule is CC1=CCC(CC2CC(=O)N(CCc3ccc4c(c3)OCO4)C2=O)CC1. The first-order valence-electron chi connectivity index (χ1n) is 9.48. The minimum atomic E-state index is -0.129. The molecule has 1 saturated heterocycles. The van der Waals surface area contributed by atoms with Crippen molar-refractivity contribution in [2.75, 3.05) is 13.3 Å². The molecule has 2 heterocycles. The molecule has 0 radical (unpaired) electrons. The highest BCUT2D eigenvalue weighted by molar-refractivity contribution is 6.03. The smallest absolute Gasteiger partial charge is 0.232 e. The van der Waals surface area contributed by atoms with E-state index in [1.54, 1.807) is 0 Å². The Balaban J connectivity index is 1.34. The van der Waals surface area contributed by atoms with Crippen LogP contribution in [0.25, 0.3) is 0 Å². The number of benzene rings is 1. The molecule has 4 rings (SSSR count). The van der Waals surface area contributed by atoms with Crippen LogP contribution in [0, 0.1) is 11.8 Å². The van der Waals surface area contributed by atoms with Crippen LogP contribution < -0.4 is 9.47 Å². The number of ether oxygens (including phenoxy) is 2. The first kappa shape index (κ1) is 17.1. The molecule has 0 saturated carbocycles. The van der Waals surface area contributed by atoms with E-state index in [-0.39, 0.29) is 24.5 Å². The van der Waals surface area contributed by atoms with Crippen molar-refractivity contribution in [3.63, 3.8) is 0 Å². The molecule has 2 atom stereocenters. The number of hydrogen-bond acceptors (Lipinski definition) is 4. The zero-order valence-electron chi connectivity index (χ0n) is 15.2. The fourth-order valence-electron chi connectivity index (χ4n) is 4.14. The fourth-order valence-corrected chi connectivity index (χ4v) is 4.14. The predicted molar refractivity (Wildman–Crippen MR) is 96.8 cm³/mol. The summed E-state index contributed by atoms with van der Waals surface area (Å²) in [7, 11) is 0. The topological polar surface area (TPSA) is 55.8 Å². The summed E-state index contributed by atoms with van der Waals surface area (Å²) in [5.41, 5.74) is 2.49. The van der Waals surface area contributed by atoms with Gasteiger partial charge in [-0.2, -0.15) is 0 Å². The zero-order chi connectivity index (χ0) is 18.1. The number of carbonyl (C=O) groups is 2. The van der Waals surface area contributed by atoms with Gasteiger partial charge in [-0.25, -0.2) is 0 Å². The number of carbonyl (C=O) groups excluding carboxylic acids is 2. The molecule has 2 aliphatic heterocycles. The number of hydrogen-bond donors (Lipinski definition) is 0. The average molecular weight is 355 g/mol. The fraction of sp³-hybridized carbons (Fsp3) is 0.524. The van der Waals surface area contributed by atoms with Crippen molar-refractivity contribution in [2.24, 2.45) is 11.8 Å². The quantitative estimate of drug-likeness (QED) is 0.599. The second-order valence-electron chi connectivity index (χ2n) is 7.65. The van der Waals surface area contributed by atoms with Gasteiger partial charge in [0.2, 0.25) is 18.6 Å². The highest BCUT2D eigenvalue weighted by Gasteiger charge is 2.39. The number of amides is 2. The van der Waals surface area contributed by atoms with E-state index in [1.165, 1.54) is 10.5 Å². The Morgan fingerprint density at radius 3 is 2.85 bits per heavy atom. The first-order valence-corrected chi connectivity index (χ1v) is 9.48. The van der Waals surface area contributed by atoms with Crippen LogP contribution in [0.15, 0.2) is 29.8 Å². The molecule has 0 N–H and O–H groups in total. The lowest BCUT2D eigenvalue weighted by atomic mass is 9.83. The molecular weight excluding hydrogens is 330 g/mol. The standard InChI is InChI=1S/C21H25NO4/c1-14-2-4-15(5-3-14)10-17-12-20(23)22(21(17)24)9-8-16-6-7-18-19(11-16)26-13-25-18/h2,6-7,11,15,17H,3-5,8-10,12-13H2,1H3. The number of likely N-dealkylation sites (tertiary alicyclic amines) is 1. The Labute approximate surface area is 154 Å². The van der Waals surface area contributed by atoms with Crippen LogP contribution >= 0.6 is 0 Å². The molecular formula is C21H25NO4. The molecule has 3 aliphatic rings. The monoisotopic (exact) mass is 355 g/mol. The van der Waals surface area contributed by atoms with Gasteiger partial charge >= 0.3 is 0 Å². The van der Waals surface area contributed by atoms with Gasteiger partial charge in [-0.1, -0.05) is 17.7 Å². The van der Waals surface area contributed by atoms with Crippen molar-refractivity contribution in [3.8, 4) is 11.5 Å². The van der Waals surface area contributed by atoms with Crippen LogP contribution in [-0.4, -0.2) is 30.1 Å². The maximum atomic E-state index is 12.7. The van der Waals surface area contributed by atoms with E-state index in [2.05, 4.69) is 13.0 Å². The number of allylic oxidation sites excluding steroid dienone is 2. The number of imide groups is 1. The minimum Gasteiger partial charge on any atom is -0.454 e. The normalized spacial score (nSPS) is 25.0. The molecule has 1 aromatic rings. The lowest BCUT2D eigenvalue weighted by Gasteiger charge is -2.22. The van der Waals surface area contributed by atoms with E-state index in [9.17, 15) is 9.59 Å². The second kappa shape index (κ2) is 7.14. The van der Waals surface area contributed by atoms with Crippen LogP contribution in [0.1, 0.15) is 44.6 Å². The Bertz CT molecular complexity index is 754. The zero-order valence-corrected chi connectivity index (χ0v) is 15.2. The summed E-state index contributed by atoms with van der Waals surface area (Å²) in [6, 6.07) is 5.78. The van der Waals surface area contributed by atoms with Gasteiger partial charge in [-0.15, -0.1) is 0 Å². The van der Waals surface area contributed by atoms with Gasteiger partial charge in [0.25, 0.3) is 0 Å². The molecule has 0 spiro atoms. The molecule has 2 unspecified atom stereocenters. The van der Waals surface area contributed by atoms with Gasteiger partial charge in [-0.05, 0) is 62.6 Å². The molecule has 1 fully saturated rings. The van der Waals surface area contributed by atoms with Gasteiger partial charge in [0.15, 0.2) is 11.5 Å². The van der Waals surface area contributed by atoms with Crippen molar-refractivity contribution in [3.05, 3.63) is 35.4 Å². The van der Waals surface area contributed by atoms with Crippen LogP contribution in [-0.2, 0) is 16.0 Å². The molecule has 1 aromatic carbocycles. The van der Waals surface area contributed by atoms with E-state index < -0.39 is 0 Å². The summed E-state index contributed by atoms with van der Waals surface area (Å²) in [5.74, 6) is 1.88. The summed E-state index contributed by atoms with van der Waals surface area (Å²) in [4.78, 5) is 26.5. The molecule has 26 heavy (non-hydrogen) atoms. The average Bonchev–Trinajstić information content (AvgIpc) is 3.20. The molecule has 0 bridgehead atoms. The third kappa shape index (κ3) is 3.48. The number of nitrogens with zero attached hydrogens (tertiary/aromatic N) is 1. The predicted octanol–water partition coefficient (Wildman–Crippen LogP) is 3.47. The van der Waals surface area contributed by atoms with E-state index in [1.807, 2.05) is 18.2 Å². The maximum Gasteiger partial charge on any atom is 0.232 e. The Morgan fingerprint density at radius 1 is 1.19 bits per heavy atom. The second-order valence-corrected chi connectivity index (χ2v) is 7.65. The Morgan fingerprint density at radius 2 is 2.04 bits per heavy atom. The summed E-state index contributed by atoms with van der Waals surface area (Å²) in [6.45, 7) is 2.86. The molecule has 1 aliphatic carbocycles. The van der Waals surface area contributed by atoms with Gasteiger partial charge < -0.3 is 9.47 Å². The van der Waals surface area contributed by atoms with Crippen molar-refractivity contribution in [1.29, 1.82) is 0 Å². The van der Waals surface area contributed by atoms with E-state index in [0.29, 0.717) is 25.3 Å².